The second kappa shape index (κ2) is 6.19. The van der Waals surface area contributed by atoms with Gasteiger partial charge in [0.2, 0.25) is 0 Å². The molecule has 0 bridgehead atoms. The number of benzene rings is 1. The lowest BCUT2D eigenvalue weighted by molar-refractivity contribution is 0.0593. The van der Waals surface area contributed by atoms with Gasteiger partial charge in [-0.2, -0.15) is 5.26 Å². The molecule has 0 spiro atoms. The van der Waals surface area contributed by atoms with Crippen molar-refractivity contribution in [3.8, 4) is 11.8 Å². The number of esters is 1. The van der Waals surface area contributed by atoms with E-state index in [4.69, 9.17) is 11.0 Å². The molecule has 118 valence electrons. The highest BCUT2D eigenvalue weighted by atomic mass is 19.1. The summed E-state index contributed by atoms with van der Waals surface area (Å²) in [6.45, 7) is 0. The van der Waals surface area contributed by atoms with Gasteiger partial charge in [-0.25, -0.2) is 9.18 Å². The normalized spacial score (nSPS) is 10.0. The fourth-order valence-electron chi connectivity index (χ4n) is 2.09. The fourth-order valence-corrected chi connectivity index (χ4v) is 2.09. The van der Waals surface area contributed by atoms with Crippen LogP contribution in [0, 0.1) is 17.1 Å². The summed E-state index contributed by atoms with van der Waals surface area (Å²) >= 11 is 0. The second-order valence-electron chi connectivity index (χ2n) is 4.52. The van der Waals surface area contributed by atoms with E-state index in [2.05, 4.69) is 10.1 Å². The number of anilines is 1. The Balaban J connectivity index is 2.74. The zero-order valence-corrected chi connectivity index (χ0v) is 12.4. The number of amides is 1. The lowest BCUT2D eigenvalue weighted by Crippen LogP contribution is -2.18. The molecule has 0 aliphatic carbocycles. The molecule has 23 heavy (non-hydrogen) atoms. The molecule has 0 aliphatic heterocycles. The van der Waals surface area contributed by atoms with E-state index in [9.17, 15) is 14.0 Å². The number of nitrogens with zero attached hydrogens (tertiary/aromatic N) is 2. The Bertz CT molecular complexity index is 836. The molecule has 2 rings (SSSR count). The third-order valence-corrected chi connectivity index (χ3v) is 3.24. The van der Waals surface area contributed by atoms with E-state index in [1.54, 1.807) is 0 Å². The third-order valence-electron chi connectivity index (χ3n) is 3.24. The van der Waals surface area contributed by atoms with Crippen LogP contribution < -0.4 is 11.1 Å². The summed E-state index contributed by atoms with van der Waals surface area (Å²) in [6, 6.07) is 5.45. The summed E-state index contributed by atoms with van der Waals surface area (Å²) in [6.07, 6.45) is 1.22. The number of carbonyl (C=O) groups excluding carboxylic acids is 2. The molecule has 0 radical (unpaired) electrons. The number of hydrogen-bond acceptors (Lipinski definition) is 5. The zero-order chi connectivity index (χ0) is 17.1. The maximum atomic E-state index is 14.2. The highest BCUT2D eigenvalue weighted by molar-refractivity contribution is 5.97. The lowest BCUT2D eigenvalue weighted by atomic mass is 10.1. The largest absolute Gasteiger partial charge is 0.464 e. The average Bonchev–Trinajstić information content (AvgIpc) is 2.90. The summed E-state index contributed by atoms with van der Waals surface area (Å²) < 4.78 is 19.9. The first kappa shape index (κ1) is 16.0. The molecule has 0 saturated heterocycles. The predicted molar refractivity (Wildman–Crippen MR) is 79.6 cm³/mol. The van der Waals surface area contributed by atoms with Crippen LogP contribution in [0.4, 0.5) is 10.1 Å². The van der Waals surface area contributed by atoms with Crippen molar-refractivity contribution in [3.63, 3.8) is 0 Å². The van der Waals surface area contributed by atoms with Gasteiger partial charge < -0.3 is 20.4 Å². The third kappa shape index (κ3) is 2.72. The maximum Gasteiger partial charge on any atom is 0.357 e. The summed E-state index contributed by atoms with van der Waals surface area (Å²) in [5.74, 6) is -1.94. The number of rotatable bonds is 3. The molecule has 7 nitrogen and oxygen atoms in total. The van der Waals surface area contributed by atoms with E-state index in [1.807, 2.05) is 6.07 Å². The molecule has 8 heteroatoms. The topological polar surface area (TPSA) is 110 Å². The number of carbonyl (C=O) groups is 2. The Morgan fingerprint density at radius 1 is 1.43 bits per heavy atom. The molecular weight excluding hydrogens is 303 g/mol. The fraction of sp³-hybridized carbons (Fsp3) is 0.133. The van der Waals surface area contributed by atoms with Crippen LogP contribution in [0.3, 0.4) is 0 Å². The highest BCUT2D eigenvalue weighted by Gasteiger charge is 2.23. The monoisotopic (exact) mass is 316 g/mol. The Kier molecular flexibility index (Phi) is 4.32. The predicted octanol–water partition coefficient (Wildman–Crippen LogP) is 1.22. The van der Waals surface area contributed by atoms with Crippen molar-refractivity contribution in [2.24, 2.45) is 0 Å². The van der Waals surface area contributed by atoms with Crippen LogP contribution in [0.1, 0.15) is 26.4 Å². The van der Waals surface area contributed by atoms with Gasteiger partial charge in [-0.05, 0) is 18.2 Å². The Morgan fingerprint density at radius 3 is 2.70 bits per heavy atom. The number of nitrogens with one attached hydrogen (secondary N) is 1. The van der Waals surface area contributed by atoms with E-state index < -0.39 is 17.7 Å². The molecular formula is C15H13FN4O3. The molecule has 0 unspecified atom stereocenters. The minimum absolute atomic E-state index is 0.00449. The molecule has 1 heterocycles. The van der Waals surface area contributed by atoms with Crippen LogP contribution in [0.2, 0.25) is 0 Å². The molecule has 0 fully saturated rings. The van der Waals surface area contributed by atoms with Crippen molar-refractivity contribution in [3.05, 3.63) is 47.0 Å². The first-order valence-corrected chi connectivity index (χ1v) is 6.45. The Morgan fingerprint density at radius 2 is 2.13 bits per heavy atom. The number of nitrogens with two attached hydrogens (primary N) is 1. The number of halogens is 1. The first-order valence-electron chi connectivity index (χ1n) is 6.45. The van der Waals surface area contributed by atoms with Crippen molar-refractivity contribution in [1.82, 2.24) is 9.88 Å². The van der Waals surface area contributed by atoms with Crippen molar-refractivity contribution < 1.29 is 18.7 Å². The molecule has 0 saturated carbocycles. The molecule has 0 atom stereocenters. The van der Waals surface area contributed by atoms with Crippen molar-refractivity contribution >= 4 is 17.6 Å². The highest BCUT2D eigenvalue weighted by Crippen LogP contribution is 2.26. The van der Waals surface area contributed by atoms with Crippen LogP contribution in [-0.2, 0) is 4.74 Å². The van der Waals surface area contributed by atoms with Crippen molar-refractivity contribution in [1.29, 1.82) is 5.26 Å². The number of aromatic nitrogens is 1. The molecule has 1 amide bonds. The minimum Gasteiger partial charge on any atom is -0.464 e. The van der Waals surface area contributed by atoms with Gasteiger partial charge in [0.25, 0.3) is 5.91 Å². The minimum atomic E-state index is -0.825. The van der Waals surface area contributed by atoms with Gasteiger partial charge >= 0.3 is 5.97 Å². The Labute approximate surface area is 131 Å². The molecule has 1 aromatic heterocycles. The quantitative estimate of drug-likeness (QED) is 0.827. The van der Waals surface area contributed by atoms with Gasteiger partial charge in [0, 0.05) is 18.8 Å². The lowest BCUT2D eigenvalue weighted by Gasteiger charge is -2.11. The average molecular weight is 316 g/mol. The van der Waals surface area contributed by atoms with Crippen LogP contribution in [0.5, 0.6) is 0 Å². The molecule has 1 aromatic carbocycles. The van der Waals surface area contributed by atoms with Crippen molar-refractivity contribution in [2.75, 3.05) is 19.9 Å². The van der Waals surface area contributed by atoms with Gasteiger partial charge in [0.15, 0.2) is 5.69 Å². The summed E-state index contributed by atoms with van der Waals surface area (Å²) in [7, 11) is 2.58. The molecule has 3 N–H and O–H groups in total. The summed E-state index contributed by atoms with van der Waals surface area (Å²) in [5.41, 5.74) is 5.54. The van der Waals surface area contributed by atoms with E-state index in [0.717, 1.165) is 17.7 Å². The van der Waals surface area contributed by atoms with Crippen molar-refractivity contribution in [2.45, 2.75) is 0 Å². The standard InChI is InChI=1S/C15H13FN4O3/c1-19-14(21)8-3-4-10(16)11(5-8)20-7-9(6-17)12(18)13(20)15(22)23-2/h3-5,7H,18H2,1-2H3,(H,19,21). The van der Waals surface area contributed by atoms with Crippen LogP contribution in [0.25, 0.3) is 5.69 Å². The zero-order valence-electron chi connectivity index (χ0n) is 12.4. The van der Waals surface area contributed by atoms with Gasteiger partial charge in [-0.1, -0.05) is 0 Å². The number of nitriles is 1. The van der Waals surface area contributed by atoms with Gasteiger partial charge in [0.05, 0.1) is 24.0 Å². The smallest absolute Gasteiger partial charge is 0.357 e. The second-order valence-corrected chi connectivity index (χ2v) is 4.52. The first-order chi connectivity index (χ1) is 10.9. The molecule has 2 aromatic rings. The maximum absolute atomic E-state index is 14.2. The number of ether oxygens (including phenoxy) is 1. The van der Waals surface area contributed by atoms with E-state index in [-0.39, 0.29) is 28.2 Å². The van der Waals surface area contributed by atoms with E-state index >= 15 is 0 Å². The van der Waals surface area contributed by atoms with Gasteiger partial charge in [0.1, 0.15) is 11.9 Å². The van der Waals surface area contributed by atoms with Crippen LogP contribution in [-0.4, -0.2) is 30.6 Å². The number of methoxy groups -OCH3 is 1. The number of nitrogen functional groups attached to an aromatic ring is 1. The van der Waals surface area contributed by atoms with Crippen LogP contribution >= 0.6 is 0 Å². The van der Waals surface area contributed by atoms with Gasteiger partial charge in [-0.3, -0.25) is 4.79 Å². The van der Waals surface area contributed by atoms with E-state index in [1.165, 1.54) is 25.4 Å². The van der Waals surface area contributed by atoms with Crippen LogP contribution in [0.15, 0.2) is 24.4 Å². The van der Waals surface area contributed by atoms with E-state index in [0.29, 0.717) is 0 Å². The molecule has 0 aliphatic rings. The van der Waals surface area contributed by atoms with Gasteiger partial charge in [-0.15, -0.1) is 0 Å². The number of hydrogen-bond donors (Lipinski definition) is 2. The Hall–Kier alpha value is -3.34. The summed E-state index contributed by atoms with van der Waals surface area (Å²) in [4.78, 5) is 23.6. The summed E-state index contributed by atoms with van der Waals surface area (Å²) in [5, 5.41) is 11.5. The SMILES string of the molecule is CNC(=O)c1ccc(F)c(-n2cc(C#N)c(N)c2C(=O)OC)c1.